The normalized spacial score (nSPS) is 11.4. The summed E-state index contributed by atoms with van der Waals surface area (Å²) in [4.78, 5) is 10.0. The van der Waals surface area contributed by atoms with E-state index in [1.807, 2.05) is 0 Å². The van der Waals surface area contributed by atoms with Gasteiger partial charge in [-0.25, -0.2) is 0 Å². The Morgan fingerprint density at radius 1 is 1.53 bits per heavy atom. The van der Waals surface area contributed by atoms with Gasteiger partial charge < -0.3 is 10.1 Å². The van der Waals surface area contributed by atoms with Crippen molar-refractivity contribution in [1.29, 1.82) is 0 Å². The molecular weight excluding hydrogens is 295 g/mol. The molecule has 1 aromatic carbocycles. The third kappa shape index (κ3) is 3.37. The van der Waals surface area contributed by atoms with E-state index in [1.54, 1.807) is 13.8 Å². The van der Waals surface area contributed by atoms with Crippen LogP contribution in [0.5, 0.6) is 0 Å². The lowest BCUT2D eigenvalue weighted by Crippen LogP contribution is -2.33. The largest absolute Gasteiger partial charge is 0.360 e. The second kappa shape index (κ2) is 4.97. The second-order valence-electron chi connectivity index (χ2n) is 3.88. The molecule has 0 radical (unpaired) electrons. The molecule has 0 aliphatic heterocycles. The summed E-state index contributed by atoms with van der Waals surface area (Å²) < 4.78 is 19.0. The van der Waals surface area contributed by atoms with Gasteiger partial charge in [0.15, 0.2) is 0 Å². The molecular formula is C10H12BrFN2O3. The van der Waals surface area contributed by atoms with Crippen molar-refractivity contribution in [1.82, 2.24) is 0 Å². The van der Waals surface area contributed by atoms with Gasteiger partial charge in [-0.3, -0.25) is 10.1 Å². The SMILES string of the molecule is COC(C)(C)Nc1cc(Br)cc(F)c1[N+](=O)[O-]. The van der Waals surface area contributed by atoms with Crippen LogP contribution in [0.1, 0.15) is 13.8 Å². The smallest absolute Gasteiger partial charge is 0.327 e. The van der Waals surface area contributed by atoms with Gasteiger partial charge in [-0.1, -0.05) is 15.9 Å². The predicted octanol–water partition coefficient (Wildman–Crippen LogP) is 3.29. The first-order valence-electron chi connectivity index (χ1n) is 4.73. The first kappa shape index (κ1) is 13.9. The van der Waals surface area contributed by atoms with Crippen molar-refractivity contribution in [3.05, 3.63) is 32.5 Å². The summed E-state index contributed by atoms with van der Waals surface area (Å²) in [6, 6.07) is 2.48. The molecule has 17 heavy (non-hydrogen) atoms. The number of nitro benzene ring substituents is 1. The minimum absolute atomic E-state index is 0.0636. The van der Waals surface area contributed by atoms with E-state index in [-0.39, 0.29) is 5.69 Å². The summed E-state index contributed by atoms with van der Waals surface area (Å²) in [5.74, 6) is -0.904. The minimum atomic E-state index is -0.904. The highest BCUT2D eigenvalue weighted by atomic mass is 79.9. The van der Waals surface area contributed by atoms with E-state index in [4.69, 9.17) is 4.74 Å². The maximum atomic E-state index is 13.5. The standard InChI is InChI=1S/C10H12BrFN2O3/c1-10(2,17-3)13-8-5-6(11)4-7(12)9(8)14(15)16/h4-5,13H,1-3H3. The van der Waals surface area contributed by atoms with Gasteiger partial charge in [-0.05, 0) is 26.0 Å². The fourth-order valence-corrected chi connectivity index (χ4v) is 1.65. The highest BCUT2D eigenvalue weighted by Gasteiger charge is 2.26. The monoisotopic (exact) mass is 306 g/mol. The number of anilines is 1. The summed E-state index contributed by atoms with van der Waals surface area (Å²) in [6.45, 7) is 3.35. The fraction of sp³-hybridized carbons (Fsp3) is 0.400. The zero-order valence-electron chi connectivity index (χ0n) is 9.58. The van der Waals surface area contributed by atoms with E-state index in [9.17, 15) is 14.5 Å². The second-order valence-corrected chi connectivity index (χ2v) is 4.80. The molecule has 1 rings (SSSR count). The fourth-order valence-electron chi connectivity index (χ4n) is 1.22. The van der Waals surface area contributed by atoms with Crippen LogP contribution in [0.4, 0.5) is 15.8 Å². The summed E-state index contributed by atoms with van der Waals surface area (Å²) >= 11 is 3.08. The van der Waals surface area contributed by atoms with E-state index in [2.05, 4.69) is 21.2 Å². The van der Waals surface area contributed by atoms with Crippen LogP contribution in [-0.4, -0.2) is 17.8 Å². The lowest BCUT2D eigenvalue weighted by Gasteiger charge is -2.25. The third-order valence-corrected chi connectivity index (χ3v) is 2.61. The Morgan fingerprint density at radius 3 is 2.59 bits per heavy atom. The van der Waals surface area contributed by atoms with E-state index < -0.39 is 22.2 Å². The molecule has 0 spiro atoms. The highest BCUT2D eigenvalue weighted by Crippen LogP contribution is 2.33. The van der Waals surface area contributed by atoms with Crippen LogP contribution in [0.2, 0.25) is 0 Å². The van der Waals surface area contributed by atoms with E-state index in [0.29, 0.717) is 4.47 Å². The lowest BCUT2D eigenvalue weighted by atomic mass is 10.2. The molecule has 7 heteroatoms. The van der Waals surface area contributed by atoms with Gasteiger partial charge in [0.25, 0.3) is 0 Å². The number of nitrogens with one attached hydrogen (secondary N) is 1. The maximum absolute atomic E-state index is 13.5. The van der Waals surface area contributed by atoms with Crippen molar-refractivity contribution in [2.24, 2.45) is 0 Å². The number of hydrogen-bond donors (Lipinski definition) is 1. The van der Waals surface area contributed by atoms with Gasteiger partial charge in [-0.15, -0.1) is 0 Å². The number of hydrogen-bond acceptors (Lipinski definition) is 4. The van der Waals surface area contributed by atoms with Crippen LogP contribution in [0, 0.1) is 15.9 Å². The molecule has 0 aliphatic carbocycles. The van der Waals surface area contributed by atoms with Crippen molar-refractivity contribution in [3.8, 4) is 0 Å². The van der Waals surface area contributed by atoms with Crippen LogP contribution in [-0.2, 0) is 4.74 Å². The van der Waals surface area contributed by atoms with Crippen LogP contribution in [0.3, 0.4) is 0 Å². The average molecular weight is 307 g/mol. The van der Waals surface area contributed by atoms with Crippen molar-refractivity contribution in [3.63, 3.8) is 0 Å². The van der Waals surface area contributed by atoms with E-state index >= 15 is 0 Å². The summed E-state index contributed by atoms with van der Waals surface area (Å²) in [7, 11) is 1.45. The predicted molar refractivity (Wildman–Crippen MR) is 65.5 cm³/mol. The number of methoxy groups -OCH3 is 1. The molecule has 0 heterocycles. The lowest BCUT2D eigenvalue weighted by molar-refractivity contribution is -0.386. The van der Waals surface area contributed by atoms with Crippen LogP contribution in [0.25, 0.3) is 0 Å². The molecule has 1 N–H and O–H groups in total. The Kier molecular flexibility index (Phi) is 4.05. The highest BCUT2D eigenvalue weighted by molar-refractivity contribution is 9.10. The molecule has 0 aliphatic rings. The number of rotatable bonds is 4. The summed E-state index contributed by atoms with van der Waals surface area (Å²) in [5, 5.41) is 13.6. The van der Waals surface area contributed by atoms with Crippen molar-refractivity contribution >= 4 is 27.3 Å². The zero-order chi connectivity index (χ0) is 13.2. The first-order chi connectivity index (χ1) is 7.76. The Balaban J connectivity index is 3.26. The number of nitrogens with zero attached hydrogens (tertiary/aromatic N) is 1. The number of halogens is 2. The van der Waals surface area contributed by atoms with Gasteiger partial charge in [-0.2, -0.15) is 4.39 Å². The zero-order valence-corrected chi connectivity index (χ0v) is 11.2. The Labute approximate surface area is 106 Å². The average Bonchev–Trinajstić information content (AvgIpc) is 2.14. The number of ether oxygens (including phenoxy) is 1. The number of nitro groups is 1. The van der Waals surface area contributed by atoms with Crippen molar-refractivity contribution in [2.45, 2.75) is 19.6 Å². The Morgan fingerprint density at radius 2 is 2.12 bits per heavy atom. The van der Waals surface area contributed by atoms with E-state index in [1.165, 1.54) is 13.2 Å². The summed E-state index contributed by atoms with van der Waals surface area (Å²) in [5.41, 5.74) is -1.37. The molecule has 0 aromatic heterocycles. The molecule has 94 valence electrons. The number of benzene rings is 1. The molecule has 0 amide bonds. The van der Waals surface area contributed by atoms with Crippen LogP contribution < -0.4 is 5.32 Å². The topological polar surface area (TPSA) is 64.4 Å². The quantitative estimate of drug-likeness (QED) is 0.526. The van der Waals surface area contributed by atoms with Gasteiger partial charge in [0, 0.05) is 11.6 Å². The molecule has 0 atom stereocenters. The molecule has 1 aromatic rings. The van der Waals surface area contributed by atoms with Crippen molar-refractivity contribution in [2.75, 3.05) is 12.4 Å². The molecule has 5 nitrogen and oxygen atoms in total. The Bertz CT molecular complexity index is 451. The molecule has 0 saturated heterocycles. The molecule has 0 fully saturated rings. The summed E-state index contributed by atoms with van der Waals surface area (Å²) in [6.07, 6.45) is 0. The Hall–Kier alpha value is -1.21. The third-order valence-electron chi connectivity index (χ3n) is 2.16. The van der Waals surface area contributed by atoms with Gasteiger partial charge >= 0.3 is 5.69 Å². The van der Waals surface area contributed by atoms with Gasteiger partial charge in [0.1, 0.15) is 11.4 Å². The van der Waals surface area contributed by atoms with Crippen LogP contribution in [0.15, 0.2) is 16.6 Å². The van der Waals surface area contributed by atoms with Crippen molar-refractivity contribution < 1.29 is 14.1 Å². The van der Waals surface area contributed by atoms with Gasteiger partial charge in [0.2, 0.25) is 5.82 Å². The van der Waals surface area contributed by atoms with E-state index in [0.717, 1.165) is 6.07 Å². The minimum Gasteiger partial charge on any atom is -0.360 e. The maximum Gasteiger partial charge on any atom is 0.327 e. The molecule has 0 unspecified atom stereocenters. The molecule has 0 saturated carbocycles. The van der Waals surface area contributed by atoms with Crippen LogP contribution >= 0.6 is 15.9 Å². The van der Waals surface area contributed by atoms with Gasteiger partial charge in [0.05, 0.1) is 4.92 Å². The first-order valence-corrected chi connectivity index (χ1v) is 5.53. The molecule has 0 bridgehead atoms.